The van der Waals surface area contributed by atoms with E-state index in [1.165, 1.54) is 61.2 Å². The molecule has 3 heterocycles. The predicted octanol–water partition coefficient (Wildman–Crippen LogP) is 5.07. The molecule has 0 aliphatic carbocycles. The van der Waals surface area contributed by atoms with E-state index in [4.69, 9.17) is 0 Å². The van der Waals surface area contributed by atoms with Crippen molar-refractivity contribution in [2.75, 3.05) is 25.0 Å². The van der Waals surface area contributed by atoms with Crippen molar-refractivity contribution in [1.82, 2.24) is 9.88 Å². The van der Waals surface area contributed by atoms with Crippen LogP contribution >= 0.6 is 11.3 Å². The number of anilines is 1. The Balaban J connectivity index is 1.53. The number of amides is 1. The van der Waals surface area contributed by atoms with Gasteiger partial charge in [0.15, 0.2) is 0 Å². The van der Waals surface area contributed by atoms with Crippen molar-refractivity contribution in [3.8, 4) is 0 Å². The molecule has 1 amide bonds. The number of carbonyl (C=O) groups is 1. The van der Waals surface area contributed by atoms with Gasteiger partial charge in [-0.15, -0.1) is 0 Å². The van der Waals surface area contributed by atoms with Gasteiger partial charge in [0.1, 0.15) is 0 Å². The van der Waals surface area contributed by atoms with E-state index in [1.807, 2.05) is 22.9 Å². The van der Waals surface area contributed by atoms with Crippen molar-refractivity contribution >= 4 is 33.8 Å². The summed E-state index contributed by atoms with van der Waals surface area (Å²) in [4.78, 5) is 18.3. The first-order valence-electron chi connectivity index (χ1n) is 9.41. The lowest BCUT2D eigenvalue weighted by atomic mass is 9.89. The molecular weight excluding hydrogens is 342 g/mol. The van der Waals surface area contributed by atoms with Gasteiger partial charge in [-0.1, -0.05) is 6.92 Å². The maximum absolute atomic E-state index is 12.3. The molecule has 0 saturated carbocycles. The van der Waals surface area contributed by atoms with Gasteiger partial charge in [0.05, 0.1) is 5.56 Å². The molecule has 1 saturated heterocycles. The summed E-state index contributed by atoms with van der Waals surface area (Å²) in [6.07, 6.45) is 5.80. The lowest BCUT2D eigenvalue weighted by molar-refractivity contribution is 0.102. The minimum absolute atomic E-state index is 0.0458. The fourth-order valence-electron chi connectivity index (χ4n) is 3.94. The van der Waals surface area contributed by atoms with Crippen LogP contribution in [0, 0.1) is 0 Å². The first-order valence-corrected chi connectivity index (χ1v) is 10.4. The molecule has 4 nitrogen and oxygen atoms in total. The number of aromatic amines is 1. The average molecular weight is 368 g/mol. The van der Waals surface area contributed by atoms with Crippen LogP contribution in [-0.2, 0) is 0 Å². The molecule has 5 heteroatoms. The van der Waals surface area contributed by atoms with Gasteiger partial charge >= 0.3 is 0 Å². The summed E-state index contributed by atoms with van der Waals surface area (Å²) in [6, 6.07) is 8.00. The minimum atomic E-state index is -0.0458. The third-order valence-corrected chi connectivity index (χ3v) is 6.01. The number of hydrogen-bond donors (Lipinski definition) is 2. The third kappa shape index (κ3) is 3.55. The lowest BCUT2D eigenvalue weighted by Crippen LogP contribution is -2.33. The highest BCUT2D eigenvalue weighted by molar-refractivity contribution is 7.08. The fourth-order valence-corrected chi connectivity index (χ4v) is 4.57. The maximum Gasteiger partial charge on any atom is 0.256 e. The molecule has 0 radical (unpaired) electrons. The Kier molecular flexibility index (Phi) is 5.09. The van der Waals surface area contributed by atoms with Crippen molar-refractivity contribution in [1.29, 1.82) is 0 Å². The topological polar surface area (TPSA) is 48.1 Å². The zero-order chi connectivity index (χ0) is 17.9. The number of nitrogens with one attached hydrogen (secondary N) is 2. The highest BCUT2D eigenvalue weighted by Crippen LogP contribution is 2.34. The second-order valence-electron chi connectivity index (χ2n) is 7.09. The largest absolute Gasteiger partial charge is 0.361 e. The molecule has 136 valence electrons. The number of aromatic nitrogens is 1. The number of likely N-dealkylation sites (tertiary alicyclic amines) is 1. The molecule has 3 aromatic rings. The minimum Gasteiger partial charge on any atom is -0.361 e. The van der Waals surface area contributed by atoms with Gasteiger partial charge in [-0.05, 0) is 80.0 Å². The van der Waals surface area contributed by atoms with Gasteiger partial charge < -0.3 is 15.2 Å². The summed E-state index contributed by atoms with van der Waals surface area (Å²) in [5.41, 5.74) is 4.11. The van der Waals surface area contributed by atoms with E-state index in [9.17, 15) is 4.79 Å². The van der Waals surface area contributed by atoms with Crippen LogP contribution in [0.3, 0.4) is 0 Å². The van der Waals surface area contributed by atoms with Crippen molar-refractivity contribution in [3.63, 3.8) is 0 Å². The van der Waals surface area contributed by atoms with Gasteiger partial charge in [-0.25, -0.2) is 0 Å². The molecule has 2 N–H and O–H groups in total. The van der Waals surface area contributed by atoms with E-state index < -0.39 is 0 Å². The van der Waals surface area contributed by atoms with Crippen LogP contribution in [0.15, 0.2) is 41.2 Å². The Morgan fingerprint density at radius 3 is 2.88 bits per heavy atom. The van der Waals surface area contributed by atoms with Crippen LogP contribution in [0.1, 0.15) is 48.0 Å². The van der Waals surface area contributed by atoms with E-state index in [0.717, 1.165) is 11.2 Å². The summed E-state index contributed by atoms with van der Waals surface area (Å²) >= 11 is 1.54. The molecule has 4 rings (SSSR count). The van der Waals surface area contributed by atoms with Gasteiger partial charge in [0.2, 0.25) is 0 Å². The first-order chi connectivity index (χ1) is 12.7. The van der Waals surface area contributed by atoms with Crippen LogP contribution < -0.4 is 5.32 Å². The Bertz CT molecular complexity index is 876. The summed E-state index contributed by atoms with van der Waals surface area (Å²) in [5.74, 6) is 0.551. The van der Waals surface area contributed by atoms with Gasteiger partial charge in [-0.2, -0.15) is 11.3 Å². The van der Waals surface area contributed by atoms with Gasteiger partial charge in [0.25, 0.3) is 5.91 Å². The highest BCUT2D eigenvalue weighted by atomic mass is 32.1. The number of nitrogens with zero attached hydrogens (tertiary/aromatic N) is 1. The lowest BCUT2D eigenvalue weighted by Gasteiger charge is -2.31. The van der Waals surface area contributed by atoms with Crippen molar-refractivity contribution in [2.45, 2.75) is 32.1 Å². The molecule has 0 bridgehead atoms. The molecule has 1 aliphatic heterocycles. The normalized spacial score (nSPS) is 16.2. The summed E-state index contributed by atoms with van der Waals surface area (Å²) in [7, 11) is 0. The molecule has 0 spiro atoms. The Morgan fingerprint density at radius 2 is 2.15 bits per heavy atom. The quantitative estimate of drug-likeness (QED) is 0.661. The molecular formula is C21H25N3OS. The smallest absolute Gasteiger partial charge is 0.256 e. The number of H-pyrrole nitrogens is 1. The number of fused-ring (bicyclic) bond motifs is 1. The predicted molar refractivity (Wildman–Crippen MR) is 109 cm³/mol. The van der Waals surface area contributed by atoms with E-state index in [2.05, 4.69) is 40.5 Å². The summed E-state index contributed by atoms with van der Waals surface area (Å²) < 4.78 is 0. The van der Waals surface area contributed by atoms with Gasteiger partial charge in [0, 0.05) is 28.2 Å². The average Bonchev–Trinajstić information content (AvgIpc) is 3.32. The van der Waals surface area contributed by atoms with E-state index >= 15 is 0 Å². The number of benzene rings is 1. The van der Waals surface area contributed by atoms with E-state index in [-0.39, 0.29) is 5.91 Å². The number of carbonyl (C=O) groups excluding carboxylic acids is 1. The van der Waals surface area contributed by atoms with Crippen molar-refractivity contribution in [2.24, 2.45) is 0 Å². The second-order valence-corrected chi connectivity index (χ2v) is 7.87. The van der Waals surface area contributed by atoms with Crippen LogP contribution in [0.4, 0.5) is 5.69 Å². The number of thiophene rings is 1. The standard InChI is InChI=1S/C21H25N3OS/c1-2-8-24-9-5-15(6-10-24)19-13-22-20-4-3-17(12-18(19)20)23-21(25)16-7-11-26-14-16/h3-4,7,11-15,22H,2,5-6,8-10H2,1H3,(H,23,25). The van der Waals surface area contributed by atoms with Crippen molar-refractivity contribution in [3.05, 3.63) is 52.3 Å². The van der Waals surface area contributed by atoms with Gasteiger partial charge in [-0.3, -0.25) is 4.79 Å². The first kappa shape index (κ1) is 17.3. The van der Waals surface area contributed by atoms with Crippen LogP contribution in [-0.4, -0.2) is 35.4 Å². The monoisotopic (exact) mass is 367 g/mol. The number of hydrogen-bond acceptors (Lipinski definition) is 3. The van der Waals surface area contributed by atoms with E-state index in [0.29, 0.717) is 11.5 Å². The molecule has 1 aromatic carbocycles. The fraction of sp³-hybridized carbons (Fsp3) is 0.381. The maximum atomic E-state index is 12.3. The van der Waals surface area contributed by atoms with Crippen LogP contribution in [0.25, 0.3) is 10.9 Å². The molecule has 0 atom stereocenters. The Hall–Kier alpha value is -2.11. The van der Waals surface area contributed by atoms with E-state index in [1.54, 1.807) is 0 Å². The van der Waals surface area contributed by atoms with Crippen LogP contribution in [0.2, 0.25) is 0 Å². The Morgan fingerprint density at radius 1 is 1.31 bits per heavy atom. The summed E-state index contributed by atoms with van der Waals surface area (Å²) in [5, 5.41) is 8.06. The molecule has 0 unspecified atom stereocenters. The van der Waals surface area contributed by atoms with Crippen LogP contribution in [0.5, 0.6) is 0 Å². The highest BCUT2D eigenvalue weighted by Gasteiger charge is 2.22. The SMILES string of the molecule is CCCN1CCC(c2c[nH]c3ccc(NC(=O)c4ccsc4)cc23)CC1. The molecule has 26 heavy (non-hydrogen) atoms. The Labute approximate surface area is 158 Å². The second kappa shape index (κ2) is 7.64. The number of piperidine rings is 1. The molecule has 1 fully saturated rings. The zero-order valence-electron chi connectivity index (χ0n) is 15.1. The summed E-state index contributed by atoms with van der Waals surface area (Å²) in [6.45, 7) is 5.82. The third-order valence-electron chi connectivity index (χ3n) is 5.32. The molecule has 1 aliphatic rings. The number of rotatable bonds is 5. The molecule has 2 aromatic heterocycles. The zero-order valence-corrected chi connectivity index (χ0v) is 15.9. The van der Waals surface area contributed by atoms with Crippen molar-refractivity contribution < 1.29 is 4.79 Å².